The zero-order chi connectivity index (χ0) is 22.0. The number of thiazole rings is 1. The van der Waals surface area contributed by atoms with E-state index >= 15 is 0 Å². The number of ether oxygens (including phenoxy) is 1. The lowest BCUT2D eigenvalue weighted by Crippen LogP contribution is -2.32. The van der Waals surface area contributed by atoms with Crippen molar-refractivity contribution >= 4 is 49.7 Å². The number of sulfonamides is 1. The summed E-state index contributed by atoms with van der Waals surface area (Å²) < 4.78 is 33.2. The Morgan fingerprint density at radius 3 is 2.71 bits per heavy atom. The molecule has 31 heavy (non-hydrogen) atoms. The molecule has 1 aromatic heterocycles. The van der Waals surface area contributed by atoms with Crippen molar-refractivity contribution in [3.63, 3.8) is 0 Å². The summed E-state index contributed by atoms with van der Waals surface area (Å²) in [7, 11) is -3.75. The molecule has 1 amide bonds. The number of aromatic nitrogens is 1. The number of nitrogens with two attached hydrogens (primary N) is 1. The molecule has 0 saturated carbocycles. The molecule has 1 atom stereocenters. The van der Waals surface area contributed by atoms with Gasteiger partial charge >= 0.3 is 0 Å². The predicted octanol–water partition coefficient (Wildman–Crippen LogP) is 3.49. The lowest BCUT2D eigenvalue weighted by molar-refractivity contribution is -0.122. The summed E-state index contributed by atoms with van der Waals surface area (Å²) in [4.78, 5) is 18.4. The van der Waals surface area contributed by atoms with Gasteiger partial charge in [0.25, 0.3) is 15.9 Å². The minimum atomic E-state index is -3.75. The fourth-order valence-electron chi connectivity index (χ4n) is 3.20. The standard InChI is InChI=1S/C20H19ClN4O4S2.H2/c21-17-11-15(4-1-13(17)12-22)29-18-7-9-25(19(18)26)14-2-5-16(6-3-14)31(27,28)24-20-23-8-10-30-20;/h1-6,8,10-11,18H,7,9,12,22H2,(H,23,24);1H. The van der Waals surface area contributed by atoms with Crippen molar-refractivity contribution in [3.8, 4) is 5.75 Å². The van der Waals surface area contributed by atoms with Crippen LogP contribution in [0.25, 0.3) is 0 Å². The molecular weight excluding hydrogens is 460 g/mol. The van der Waals surface area contributed by atoms with Gasteiger partial charge in [0.05, 0.1) is 4.90 Å². The summed E-state index contributed by atoms with van der Waals surface area (Å²) >= 11 is 7.35. The summed E-state index contributed by atoms with van der Waals surface area (Å²) in [6.07, 6.45) is 1.37. The van der Waals surface area contributed by atoms with E-state index in [1.165, 1.54) is 29.7 Å². The van der Waals surface area contributed by atoms with Crippen LogP contribution in [0.1, 0.15) is 13.4 Å². The largest absolute Gasteiger partial charge is 0.480 e. The van der Waals surface area contributed by atoms with Crippen molar-refractivity contribution in [2.24, 2.45) is 5.73 Å². The highest BCUT2D eigenvalue weighted by atomic mass is 35.5. The topological polar surface area (TPSA) is 115 Å². The van der Waals surface area contributed by atoms with Crippen LogP contribution in [-0.4, -0.2) is 32.0 Å². The summed E-state index contributed by atoms with van der Waals surface area (Å²) in [6, 6.07) is 11.3. The Bertz CT molecular complexity index is 1190. The monoisotopic (exact) mass is 480 g/mol. The van der Waals surface area contributed by atoms with Crippen LogP contribution in [0.15, 0.2) is 58.9 Å². The zero-order valence-electron chi connectivity index (χ0n) is 16.2. The molecule has 1 unspecified atom stereocenters. The van der Waals surface area contributed by atoms with Gasteiger partial charge in [-0.1, -0.05) is 17.7 Å². The van der Waals surface area contributed by atoms with Crippen molar-refractivity contribution in [1.29, 1.82) is 0 Å². The van der Waals surface area contributed by atoms with Crippen LogP contribution < -0.4 is 20.1 Å². The minimum absolute atomic E-state index is 0. The van der Waals surface area contributed by atoms with Crippen LogP contribution in [0, 0.1) is 0 Å². The van der Waals surface area contributed by atoms with Gasteiger partial charge in [-0.25, -0.2) is 13.4 Å². The van der Waals surface area contributed by atoms with Gasteiger partial charge in [-0.3, -0.25) is 9.52 Å². The van der Waals surface area contributed by atoms with Gasteiger partial charge in [-0.05, 0) is 42.0 Å². The van der Waals surface area contributed by atoms with Gasteiger partial charge in [-0.15, -0.1) is 11.3 Å². The number of anilines is 2. The number of nitrogens with zero attached hydrogens (tertiary/aromatic N) is 2. The predicted molar refractivity (Wildman–Crippen MR) is 122 cm³/mol. The number of hydrogen-bond acceptors (Lipinski definition) is 7. The van der Waals surface area contributed by atoms with E-state index in [4.69, 9.17) is 22.1 Å². The quantitative estimate of drug-likeness (QED) is 0.535. The lowest BCUT2D eigenvalue weighted by Gasteiger charge is -2.18. The summed E-state index contributed by atoms with van der Waals surface area (Å²) in [5.74, 6) is 0.299. The summed E-state index contributed by atoms with van der Waals surface area (Å²) in [6.45, 7) is 0.780. The number of hydrogen-bond donors (Lipinski definition) is 2. The average molecular weight is 481 g/mol. The number of halogens is 1. The number of carbonyl (C=O) groups excluding carboxylic acids is 1. The molecule has 1 saturated heterocycles. The van der Waals surface area contributed by atoms with Crippen LogP contribution in [0.4, 0.5) is 10.8 Å². The van der Waals surface area contributed by atoms with E-state index in [9.17, 15) is 13.2 Å². The van der Waals surface area contributed by atoms with Gasteiger partial charge in [0.1, 0.15) is 5.75 Å². The fourth-order valence-corrected chi connectivity index (χ4v) is 5.24. The van der Waals surface area contributed by atoms with Gasteiger partial charge in [0.2, 0.25) is 0 Å². The van der Waals surface area contributed by atoms with Crippen molar-refractivity contribution in [3.05, 3.63) is 64.6 Å². The summed E-state index contributed by atoms with van der Waals surface area (Å²) in [5, 5.41) is 2.46. The third-order valence-corrected chi connectivity index (χ3v) is 7.32. The molecule has 4 rings (SSSR count). The second-order valence-corrected chi connectivity index (χ2v) is 9.76. The Morgan fingerprint density at radius 2 is 2.06 bits per heavy atom. The Kier molecular flexibility index (Phi) is 6.15. The van der Waals surface area contributed by atoms with E-state index in [-0.39, 0.29) is 12.2 Å². The highest BCUT2D eigenvalue weighted by Crippen LogP contribution is 2.28. The molecule has 2 aromatic carbocycles. The van der Waals surface area contributed by atoms with E-state index in [2.05, 4.69) is 9.71 Å². The number of carbonyl (C=O) groups is 1. The Hall–Kier alpha value is -2.66. The average Bonchev–Trinajstić information content (AvgIpc) is 3.38. The maximum absolute atomic E-state index is 12.8. The number of amides is 1. The SMILES string of the molecule is NCc1ccc(OC2CCN(c3ccc(S(=O)(=O)Nc4nccs4)cc3)C2=O)cc1Cl.[HH]. The zero-order valence-corrected chi connectivity index (χ0v) is 18.6. The fraction of sp³-hybridized carbons (Fsp3) is 0.200. The highest BCUT2D eigenvalue weighted by Gasteiger charge is 2.34. The van der Waals surface area contributed by atoms with E-state index < -0.39 is 16.1 Å². The minimum Gasteiger partial charge on any atom is -0.480 e. The molecule has 0 bridgehead atoms. The van der Waals surface area contributed by atoms with E-state index in [0.717, 1.165) is 5.56 Å². The molecule has 1 aliphatic heterocycles. The van der Waals surface area contributed by atoms with Crippen LogP contribution >= 0.6 is 22.9 Å². The number of rotatable bonds is 7. The molecule has 3 aromatic rings. The van der Waals surface area contributed by atoms with E-state index in [0.29, 0.717) is 41.1 Å². The van der Waals surface area contributed by atoms with Crippen molar-refractivity contribution < 1.29 is 19.4 Å². The molecule has 8 nitrogen and oxygen atoms in total. The van der Waals surface area contributed by atoms with Gasteiger partial charge < -0.3 is 15.4 Å². The van der Waals surface area contributed by atoms with Crippen molar-refractivity contribution in [2.45, 2.75) is 24.0 Å². The Morgan fingerprint density at radius 1 is 1.29 bits per heavy atom. The maximum atomic E-state index is 12.8. The molecule has 164 valence electrons. The smallest absolute Gasteiger partial charge is 0.268 e. The molecule has 0 aliphatic carbocycles. The summed E-state index contributed by atoms with van der Waals surface area (Å²) in [5.41, 5.74) is 7.01. The first-order valence-electron chi connectivity index (χ1n) is 9.36. The maximum Gasteiger partial charge on any atom is 0.268 e. The Labute approximate surface area is 190 Å². The van der Waals surface area contributed by atoms with Crippen molar-refractivity contribution in [2.75, 3.05) is 16.2 Å². The number of nitrogens with one attached hydrogen (secondary N) is 1. The second-order valence-electron chi connectivity index (χ2n) is 6.78. The molecule has 1 aliphatic rings. The molecule has 0 spiro atoms. The molecular formula is C20H21ClN4O4S2. The van der Waals surface area contributed by atoms with Crippen LogP contribution in [0.3, 0.4) is 0 Å². The molecule has 11 heteroatoms. The van der Waals surface area contributed by atoms with Gasteiger partial charge in [0, 0.05) is 43.2 Å². The van der Waals surface area contributed by atoms with E-state index in [1.54, 1.807) is 40.6 Å². The lowest BCUT2D eigenvalue weighted by atomic mass is 10.2. The first-order valence-corrected chi connectivity index (χ1v) is 12.1. The highest BCUT2D eigenvalue weighted by molar-refractivity contribution is 7.93. The van der Waals surface area contributed by atoms with Crippen molar-refractivity contribution in [1.82, 2.24) is 4.98 Å². The number of benzene rings is 2. The van der Waals surface area contributed by atoms with Gasteiger partial charge in [0.15, 0.2) is 11.2 Å². The van der Waals surface area contributed by atoms with Crippen LogP contribution in [-0.2, 0) is 21.4 Å². The normalized spacial score (nSPS) is 16.5. The molecule has 0 radical (unpaired) electrons. The van der Waals surface area contributed by atoms with Crippen LogP contribution in [0.5, 0.6) is 5.75 Å². The van der Waals surface area contributed by atoms with Crippen LogP contribution in [0.2, 0.25) is 5.02 Å². The third kappa shape index (κ3) is 4.67. The molecule has 2 heterocycles. The van der Waals surface area contributed by atoms with Gasteiger partial charge in [-0.2, -0.15) is 0 Å². The first kappa shape index (κ1) is 21.6. The second kappa shape index (κ2) is 8.83. The molecule has 3 N–H and O–H groups in total. The first-order chi connectivity index (χ1) is 14.9. The molecule has 1 fully saturated rings. The Balaban J connectivity index is 0.00000289. The van der Waals surface area contributed by atoms with E-state index in [1.807, 2.05) is 0 Å². The third-order valence-electron chi connectivity index (χ3n) is 4.79.